The molecule has 0 aliphatic carbocycles. The minimum atomic E-state index is -1.20. The molecule has 0 radical (unpaired) electrons. The number of esters is 1. The zero-order valence-electron chi connectivity index (χ0n) is 22.0. The van der Waals surface area contributed by atoms with Crippen LogP contribution in [0.15, 0.2) is 11.0 Å². The van der Waals surface area contributed by atoms with Gasteiger partial charge in [-0.15, -0.1) is 23.1 Å². The standard InChI is InChI=1S/C27H41NO5S2/c1-15-9-8-10-27(7)22(35-27)12-20(16(2)11-19-14-34-18(4)28-19)33-23(30)13-21(29)26(5,6)25(32)17(3)24(15)31/h11,14-15,17,20-22,24,29,31H,8-10,12-13H2,1-7H3/b16-11+. The SMILES string of the molecule is C/C(=C\c1csc(C)n1)C1CC2SC2(C)CCCC(C)C(O)C(C)C(=O)C(C)(C)C(O)CC(=O)O1. The molecule has 3 heterocycles. The summed E-state index contributed by atoms with van der Waals surface area (Å²) in [6, 6.07) is 0. The Labute approximate surface area is 217 Å². The van der Waals surface area contributed by atoms with E-state index >= 15 is 0 Å². The van der Waals surface area contributed by atoms with Crippen LogP contribution >= 0.6 is 23.1 Å². The average Bonchev–Trinajstić information content (AvgIpc) is 3.22. The van der Waals surface area contributed by atoms with E-state index in [1.807, 2.05) is 44.0 Å². The highest BCUT2D eigenvalue weighted by Gasteiger charge is 2.52. The van der Waals surface area contributed by atoms with Gasteiger partial charge in [-0.3, -0.25) is 9.59 Å². The van der Waals surface area contributed by atoms with E-state index < -0.39 is 35.6 Å². The first-order valence-corrected chi connectivity index (χ1v) is 14.4. The molecule has 1 aromatic heterocycles. The Balaban J connectivity index is 1.85. The fourth-order valence-corrected chi connectivity index (χ4v) is 6.97. The Morgan fingerprint density at radius 3 is 2.54 bits per heavy atom. The predicted octanol–water partition coefficient (Wildman–Crippen LogP) is 5.19. The number of carbonyl (C=O) groups is 2. The van der Waals surface area contributed by atoms with Gasteiger partial charge in [-0.1, -0.05) is 34.1 Å². The van der Waals surface area contributed by atoms with Gasteiger partial charge >= 0.3 is 5.97 Å². The van der Waals surface area contributed by atoms with E-state index in [0.717, 1.165) is 35.5 Å². The number of aliphatic hydroxyl groups excluding tert-OH is 2. The van der Waals surface area contributed by atoms with Crippen molar-refractivity contribution in [3.63, 3.8) is 0 Å². The Bertz CT molecular complexity index is 957. The van der Waals surface area contributed by atoms with Gasteiger partial charge in [-0.2, -0.15) is 0 Å². The molecule has 0 spiro atoms. The third kappa shape index (κ3) is 6.76. The minimum absolute atomic E-state index is 0.0231. The summed E-state index contributed by atoms with van der Waals surface area (Å²) >= 11 is 3.50. The van der Waals surface area contributed by atoms with Crippen LogP contribution in [-0.4, -0.2) is 55.3 Å². The highest BCUT2D eigenvalue weighted by molar-refractivity contribution is 8.08. The van der Waals surface area contributed by atoms with E-state index in [-0.39, 0.29) is 22.9 Å². The molecule has 1 aromatic rings. The molecule has 8 heteroatoms. The number of aliphatic hydroxyl groups is 2. The van der Waals surface area contributed by atoms with E-state index in [4.69, 9.17) is 4.74 Å². The lowest BCUT2D eigenvalue weighted by atomic mass is 9.73. The molecule has 7 unspecified atom stereocenters. The van der Waals surface area contributed by atoms with Crippen LogP contribution in [-0.2, 0) is 14.3 Å². The van der Waals surface area contributed by atoms with Crippen molar-refractivity contribution in [3.05, 3.63) is 21.7 Å². The van der Waals surface area contributed by atoms with Crippen LogP contribution in [0.5, 0.6) is 0 Å². The zero-order chi connectivity index (χ0) is 26.1. The van der Waals surface area contributed by atoms with Gasteiger partial charge in [0.1, 0.15) is 11.9 Å². The number of nitrogens with zero attached hydrogens (tertiary/aromatic N) is 1. The van der Waals surface area contributed by atoms with Gasteiger partial charge < -0.3 is 14.9 Å². The van der Waals surface area contributed by atoms with Gasteiger partial charge in [0.25, 0.3) is 0 Å². The molecule has 0 saturated carbocycles. The fraction of sp³-hybridized carbons (Fsp3) is 0.741. The van der Waals surface area contributed by atoms with Gasteiger partial charge in [0.2, 0.25) is 0 Å². The second-order valence-corrected chi connectivity index (χ2v) is 14.1. The molecular weight excluding hydrogens is 482 g/mol. The second kappa shape index (κ2) is 11.0. The van der Waals surface area contributed by atoms with Crippen molar-refractivity contribution in [2.24, 2.45) is 17.3 Å². The van der Waals surface area contributed by atoms with E-state index in [9.17, 15) is 19.8 Å². The number of rotatable bonds is 2. The Morgan fingerprint density at radius 2 is 1.91 bits per heavy atom. The number of thiazole rings is 1. The van der Waals surface area contributed by atoms with Crippen LogP contribution in [0.3, 0.4) is 0 Å². The predicted molar refractivity (Wildman–Crippen MR) is 142 cm³/mol. The number of carbonyl (C=O) groups excluding carboxylic acids is 2. The third-order valence-electron chi connectivity index (χ3n) is 7.93. The lowest BCUT2D eigenvalue weighted by molar-refractivity contribution is -0.154. The average molecular weight is 524 g/mol. The monoisotopic (exact) mass is 523 g/mol. The molecule has 6 nitrogen and oxygen atoms in total. The smallest absolute Gasteiger partial charge is 0.309 e. The molecule has 196 valence electrons. The van der Waals surface area contributed by atoms with Crippen LogP contribution in [0.2, 0.25) is 0 Å². The van der Waals surface area contributed by atoms with Crippen molar-refractivity contribution in [3.8, 4) is 0 Å². The summed E-state index contributed by atoms with van der Waals surface area (Å²) in [6.07, 6.45) is 2.82. The molecule has 0 amide bonds. The number of ketones is 1. The van der Waals surface area contributed by atoms with Crippen LogP contribution in [0.4, 0.5) is 0 Å². The van der Waals surface area contributed by atoms with Crippen LogP contribution < -0.4 is 0 Å². The molecule has 2 fully saturated rings. The lowest BCUT2D eigenvalue weighted by Crippen LogP contribution is -2.45. The quantitative estimate of drug-likeness (QED) is 0.406. The molecule has 0 bridgehead atoms. The van der Waals surface area contributed by atoms with E-state index in [1.165, 1.54) is 0 Å². The summed E-state index contributed by atoms with van der Waals surface area (Å²) in [5.41, 5.74) is 0.599. The number of thioether (sulfide) groups is 1. The van der Waals surface area contributed by atoms with Crippen LogP contribution in [0.1, 0.15) is 84.3 Å². The van der Waals surface area contributed by atoms with Crippen LogP contribution in [0, 0.1) is 24.2 Å². The summed E-state index contributed by atoms with van der Waals surface area (Å²) in [7, 11) is 0. The third-order valence-corrected chi connectivity index (χ3v) is 10.5. The molecular formula is C27H41NO5S2. The summed E-state index contributed by atoms with van der Waals surface area (Å²) in [5.74, 6) is -1.41. The van der Waals surface area contributed by atoms with Crippen molar-refractivity contribution >= 4 is 40.9 Å². The van der Waals surface area contributed by atoms with Gasteiger partial charge in [0, 0.05) is 27.7 Å². The number of hydrogen-bond donors (Lipinski definition) is 2. The van der Waals surface area contributed by atoms with Gasteiger partial charge in [0.05, 0.1) is 34.7 Å². The summed E-state index contributed by atoms with van der Waals surface area (Å²) in [6.45, 7) is 13.2. The van der Waals surface area contributed by atoms with Crippen LogP contribution in [0.25, 0.3) is 6.08 Å². The molecule has 2 aliphatic rings. The molecule has 2 N–H and O–H groups in total. The highest BCUT2D eigenvalue weighted by Crippen LogP contribution is 2.59. The van der Waals surface area contributed by atoms with E-state index in [1.54, 1.807) is 32.1 Å². The van der Waals surface area contributed by atoms with Crippen molar-refractivity contribution in [1.29, 1.82) is 0 Å². The number of hydrogen-bond acceptors (Lipinski definition) is 8. The molecule has 35 heavy (non-hydrogen) atoms. The van der Waals surface area contributed by atoms with Gasteiger partial charge in [0.15, 0.2) is 0 Å². The summed E-state index contributed by atoms with van der Waals surface area (Å²) in [5, 5.41) is 25.1. The van der Waals surface area contributed by atoms with Crippen molar-refractivity contribution in [2.45, 2.75) is 109 Å². The number of ether oxygens (including phenoxy) is 1. The van der Waals surface area contributed by atoms with E-state index in [2.05, 4.69) is 11.9 Å². The highest BCUT2D eigenvalue weighted by atomic mass is 32.2. The number of aromatic nitrogens is 1. The Hall–Kier alpha value is -1.22. The number of cyclic esters (lactones) is 1. The number of Topliss-reactive ketones (excluding diaryl/α,β-unsaturated/α-hetero) is 1. The number of aryl methyl sites for hydroxylation is 1. The maximum absolute atomic E-state index is 13.2. The maximum Gasteiger partial charge on any atom is 0.309 e. The topological polar surface area (TPSA) is 96.7 Å². The number of fused-ring (bicyclic) bond motifs is 1. The summed E-state index contributed by atoms with van der Waals surface area (Å²) < 4.78 is 6.05. The van der Waals surface area contributed by atoms with Crippen molar-refractivity contribution in [1.82, 2.24) is 4.98 Å². The second-order valence-electron chi connectivity index (χ2n) is 11.3. The molecule has 0 aromatic carbocycles. The first-order valence-electron chi connectivity index (χ1n) is 12.6. The molecule has 2 saturated heterocycles. The normalized spacial score (nSPS) is 37.5. The van der Waals surface area contributed by atoms with Crippen molar-refractivity contribution < 1.29 is 24.5 Å². The summed E-state index contributed by atoms with van der Waals surface area (Å²) in [4.78, 5) is 30.7. The Morgan fingerprint density at radius 1 is 1.23 bits per heavy atom. The fourth-order valence-electron chi connectivity index (χ4n) is 5.07. The maximum atomic E-state index is 13.2. The largest absolute Gasteiger partial charge is 0.458 e. The first-order chi connectivity index (χ1) is 16.2. The molecule has 7 atom stereocenters. The molecule has 2 aliphatic heterocycles. The minimum Gasteiger partial charge on any atom is -0.458 e. The van der Waals surface area contributed by atoms with E-state index in [0.29, 0.717) is 11.7 Å². The van der Waals surface area contributed by atoms with Gasteiger partial charge in [-0.25, -0.2) is 4.98 Å². The Kier molecular flexibility index (Phi) is 8.94. The molecule has 3 rings (SSSR count). The van der Waals surface area contributed by atoms with Gasteiger partial charge in [-0.05, 0) is 51.2 Å². The first kappa shape index (κ1) is 28.4. The zero-order valence-corrected chi connectivity index (χ0v) is 23.7. The van der Waals surface area contributed by atoms with Crippen molar-refractivity contribution in [2.75, 3.05) is 0 Å². The lowest BCUT2D eigenvalue weighted by Gasteiger charge is -2.34.